The molecule has 1 atom stereocenters. The standard InChI is InChI=1S/C12H15ClN2O3/c1-18-7-8-4-5-15(6-8)11-9(12(16)17)2-3-10(13)14-11/h2-3,8H,4-7H2,1H3,(H,16,17). The maximum absolute atomic E-state index is 11.2. The lowest BCUT2D eigenvalue weighted by Crippen LogP contribution is -2.24. The van der Waals surface area contributed by atoms with Gasteiger partial charge in [-0.15, -0.1) is 0 Å². The smallest absolute Gasteiger partial charge is 0.339 e. The minimum atomic E-state index is -0.982. The van der Waals surface area contributed by atoms with E-state index in [9.17, 15) is 4.79 Å². The molecule has 2 rings (SSSR count). The largest absolute Gasteiger partial charge is 0.478 e. The first-order chi connectivity index (χ1) is 8.61. The summed E-state index contributed by atoms with van der Waals surface area (Å²) in [6.07, 6.45) is 0.973. The second kappa shape index (κ2) is 5.54. The topological polar surface area (TPSA) is 62.7 Å². The minimum absolute atomic E-state index is 0.192. The van der Waals surface area contributed by atoms with Crippen LogP contribution >= 0.6 is 11.6 Å². The first-order valence-electron chi connectivity index (χ1n) is 5.75. The van der Waals surface area contributed by atoms with Crippen LogP contribution in [0.25, 0.3) is 0 Å². The van der Waals surface area contributed by atoms with E-state index in [1.807, 2.05) is 4.90 Å². The first kappa shape index (κ1) is 13.1. The lowest BCUT2D eigenvalue weighted by molar-refractivity contribution is 0.0697. The van der Waals surface area contributed by atoms with Gasteiger partial charge < -0.3 is 14.7 Å². The van der Waals surface area contributed by atoms with E-state index >= 15 is 0 Å². The lowest BCUT2D eigenvalue weighted by atomic mass is 10.1. The van der Waals surface area contributed by atoms with Crippen molar-refractivity contribution in [1.82, 2.24) is 4.98 Å². The van der Waals surface area contributed by atoms with E-state index in [1.54, 1.807) is 7.11 Å². The Morgan fingerprint density at radius 3 is 3.11 bits per heavy atom. The SMILES string of the molecule is COCC1CCN(c2nc(Cl)ccc2C(=O)O)C1. The summed E-state index contributed by atoms with van der Waals surface area (Å²) in [5.74, 6) is -0.115. The van der Waals surface area contributed by atoms with Gasteiger partial charge in [0.1, 0.15) is 16.5 Å². The third kappa shape index (κ3) is 2.73. The van der Waals surface area contributed by atoms with Crippen LogP contribution in [-0.2, 0) is 4.74 Å². The number of aromatic carboxylic acids is 1. The van der Waals surface area contributed by atoms with Gasteiger partial charge in [0.05, 0.1) is 6.61 Å². The number of carboxylic acid groups (broad SMARTS) is 1. The number of rotatable bonds is 4. The highest BCUT2D eigenvalue weighted by Crippen LogP contribution is 2.27. The Bertz CT molecular complexity index is 453. The fourth-order valence-electron chi connectivity index (χ4n) is 2.23. The molecule has 0 saturated carbocycles. The molecule has 1 fully saturated rings. The molecular formula is C12H15ClN2O3. The van der Waals surface area contributed by atoms with Gasteiger partial charge >= 0.3 is 5.97 Å². The van der Waals surface area contributed by atoms with Gasteiger partial charge in [0.2, 0.25) is 0 Å². The molecule has 0 radical (unpaired) electrons. The van der Waals surface area contributed by atoms with E-state index in [0.29, 0.717) is 23.5 Å². The number of carbonyl (C=O) groups is 1. The number of aromatic nitrogens is 1. The van der Waals surface area contributed by atoms with Crippen LogP contribution in [-0.4, -0.2) is 42.9 Å². The summed E-state index contributed by atoms with van der Waals surface area (Å²) in [6.45, 7) is 2.21. The Hall–Kier alpha value is -1.33. The number of halogens is 1. The highest BCUT2D eigenvalue weighted by molar-refractivity contribution is 6.29. The average molecular weight is 271 g/mol. The van der Waals surface area contributed by atoms with Crippen molar-refractivity contribution in [2.45, 2.75) is 6.42 Å². The van der Waals surface area contributed by atoms with Crippen molar-refractivity contribution < 1.29 is 14.6 Å². The van der Waals surface area contributed by atoms with Gasteiger partial charge in [-0.05, 0) is 18.6 Å². The van der Waals surface area contributed by atoms with Crippen LogP contribution in [0, 0.1) is 5.92 Å². The fraction of sp³-hybridized carbons (Fsp3) is 0.500. The molecule has 1 saturated heterocycles. The van der Waals surface area contributed by atoms with Gasteiger partial charge in [-0.2, -0.15) is 0 Å². The second-order valence-corrected chi connectivity index (χ2v) is 4.75. The molecule has 0 bridgehead atoms. The molecule has 6 heteroatoms. The maximum Gasteiger partial charge on any atom is 0.339 e. The lowest BCUT2D eigenvalue weighted by Gasteiger charge is -2.19. The normalized spacial score (nSPS) is 19.2. The molecule has 1 unspecified atom stereocenters. The summed E-state index contributed by atoms with van der Waals surface area (Å²) in [4.78, 5) is 17.3. The molecule has 18 heavy (non-hydrogen) atoms. The number of nitrogens with zero attached hydrogens (tertiary/aromatic N) is 2. The van der Waals surface area contributed by atoms with Crippen LogP contribution in [0.2, 0.25) is 5.15 Å². The number of pyridine rings is 1. The summed E-state index contributed by atoms with van der Waals surface area (Å²) < 4.78 is 5.12. The predicted octanol–water partition coefficient (Wildman–Crippen LogP) is 1.91. The quantitative estimate of drug-likeness (QED) is 0.847. The average Bonchev–Trinajstić information content (AvgIpc) is 2.77. The highest BCUT2D eigenvalue weighted by atomic mass is 35.5. The number of anilines is 1. The van der Waals surface area contributed by atoms with Crippen molar-refractivity contribution in [3.8, 4) is 0 Å². The second-order valence-electron chi connectivity index (χ2n) is 4.37. The Kier molecular flexibility index (Phi) is 4.04. The molecule has 2 heterocycles. The van der Waals surface area contributed by atoms with Crippen molar-refractivity contribution in [3.05, 3.63) is 22.8 Å². The molecule has 1 aliphatic rings. The van der Waals surface area contributed by atoms with Gasteiger partial charge in [0, 0.05) is 26.1 Å². The van der Waals surface area contributed by atoms with Crippen LogP contribution in [0.15, 0.2) is 12.1 Å². The van der Waals surface area contributed by atoms with Crippen LogP contribution in [0.1, 0.15) is 16.8 Å². The van der Waals surface area contributed by atoms with E-state index in [-0.39, 0.29) is 5.56 Å². The zero-order chi connectivity index (χ0) is 13.1. The minimum Gasteiger partial charge on any atom is -0.478 e. The summed E-state index contributed by atoms with van der Waals surface area (Å²) in [7, 11) is 1.67. The van der Waals surface area contributed by atoms with Crippen molar-refractivity contribution in [2.75, 3.05) is 31.7 Å². The number of hydrogen-bond donors (Lipinski definition) is 1. The number of ether oxygens (including phenoxy) is 1. The number of hydrogen-bond acceptors (Lipinski definition) is 4. The molecule has 98 valence electrons. The van der Waals surface area contributed by atoms with Crippen molar-refractivity contribution in [2.24, 2.45) is 5.92 Å². The third-order valence-corrected chi connectivity index (χ3v) is 3.27. The zero-order valence-electron chi connectivity index (χ0n) is 10.1. The highest BCUT2D eigenvalue weighted by Gasteiger charge is 2.26. The van der Waals surface area contributed by atoms with Gasteiger partial charge in [-0.1, -0.05) is 11.6 Å². The predicted molar refractivity (Wildman–Crippen MR) is 68.4 cm³/mol. The summed E-state index contributed by atoms with van der Waals surface area (Å²) in [5.41, 5.74) is 0.192. The van der Waals surface area contributed by atoms with Crippen LogP contribution in [0.3, 0.4) is 0 Å². The van der Waals surface area contributed by atoms with Crippen molar-refractivity contribution in [3.63, 3.8) is 0 Å². The van der Waals surface area contributed by atoms with Crippen LogP contribution in [0.5, 0.6) is 0 Å². The van der Waals surface area contributed by atoms with Crippen LogP contribution in [0.4, 0.5) is 5.82 Å². The summed E-state index contributed by atoms with van der Waals surface area (Å²) in [5, 5.41) is 9.46. The van der Waals surface area contributed by atoms with E-state index in [1.165, 1.54) is 12.1 Å². The molecular weight excluding hydrogens is 256 g/mol. The van der Waals surface area contributed by atoms with Crippen molar-refractivity contribution in [1.29, 1.82) is 0 Å². The summed E-state index contributed by atoms with van der Waals surface area (Å²) in [6, 6.07) is 2.99. The zero-order valence-corrected chi connectivity index (χ0v) is 10.9. The molecule has 1 aromatic rings. The Labute approximate surface area is 110 Å². The number of methoxy groups -OCH3 is 1. The third-order valence-electron chi connectivity index (χ3n) is 3.06. The van der Waals surface area contributed by atoms with Gasteiger partial charge in [0.25, 0.3) is 0 Å². The molecule has 0 spiro atoms. The van der Waals surface area contributed by atoms with Gasteiger partial charge in [-0.25, -0.2) is 9.78 Å². The molecule has 0 amide bonds. The maximum atomic E-state index is 11.2. The van der Waals surface area contributed by atoms with E-state index < -0.39 is 5.97 Å². The Balaban J connectivity index is 2.23. The van der Waals surface area contributed by atoms with Gasteiger partial charge in [0.15, 0.2) is 0 Å². The Morgan fingerprint density at radius 1 is 1.67 bits per heavy atom. The molecule has 0 aromatic carbocycles. The van der Waals surface area contributed by atoms with E-state index in [0.717, 1.165) is 19.5 Å². The van der Waals surface area contributed by atoms with Crippen molar-refractivity contribution >= 4 is 23.4 Å². The first-order valence-corrected chi connectivity index (χ1v) is 6.13. The summed E-state index contributed by atoms with van der Waals surface area (Å²) >= 11 is 5.84. The van der Waals surface area contributed by atoms with E-state index in [2.05, 4.69) is 4.98 Å². The molecule has 0 aliphatic carbocycles. The Morgan fingerprint density at radius 2 is 2.44 bits per heavy atom. The van der Waals surface area contributed by atoms with Crippen LogP contribution < -0.4 is 4.90 Å². The van der Waals surface area contributed by atoms with Gasteiger partial charge in [-0.3, -0.25) is 0 Å². The molecule has 1 aromatic heterocycles. The molecule has 1 N–H and O–H groups in total. The molecule has 1 aliphatic heterocycles. The number of carboxylic acids is 1. The fourth-order valence-corrected chi connectivity index (χ4v) is 2.37. The van der Waals surface area contributed by atoms with E-state index in [4.69, 9.17) is 21.4 Å². The monoisotopic (exact) mass is 270 g/mol. The molecule has 5 nitrogen and oxygen atoms in total.